The quantitative estimate of drug-likeness (QED) is 0.923. The molecule has 1 heterocycles. The molecule has 1 aromatic heterocycles. The van der Waals surface area contributed by atoms with Crippen LogP contribution in [0.3, 0.4) is 0 Å². The summed E-state index contributed by atoms with van der Waals surface area (Å²) in [6.45, 7) is 3.96. The molecule has 0 saturated carbocycles. The van der Waals surface area contributed by atoms with E-state index in [1.807, 2.05) is 13.8 Å². The van der Waals surface area contributed by atoms with E-state index in [2.05, 4.69) is 21.1 Å². The fourth-order valence-corrected chi connectivity index (χ4v) is 2.10. The number of carboxylic acid groups (broad SMARTS) is 1. The van der Waals surface area contributed by atoms with Gasteiger partial charge in [0.05, 0.1) is 10.0 Å². The second-order valence-electron chi connectivity index (χ2n) is 4.40. The number of carboxylic acids is 1. The first-order valence-corrected chi connectivity index (χ1v) is 6.38. The molecule has 2 rings (SSSR count). The predicted molar refractivity (Wildman–Crippen MR) is 70.6 cm³/mol. The predicted octanol–water partition coefficient (Wildman–Crippen LogP) is 4.06. The number of benzene rings is 1. The lowest BCUT2D eigenvalue weighted by Gasteiger charge is -2.09. The summed E-state index contributed by atoms with van der Waals surface area (Å²) in [6, 6.07) is 4.53. The Labute approximate surface area is 117 Å². The van der Waals surface area contributed by atoms with E-state index >= 15 is 0 Å². The van der Waals surface area contributed by atoms with E-state index in [0.29, 0.717) is 4.47 Å². The van der Waals surface area contributed by atoms with E-state index in [1.165, 1.54) is 6.07 Å². The SMILES string of the molecule is CC(C)c1cc(Br)c(F)c(-c2cc(C(=O)O)no2)c1. The van der Waals surface area contributed by atoms with E-state index in [1.54, 1.807) is 12.1 Å². The van der Waals surface area contributed by atoms with Gasteiger partial charge in [-0.25, -0.2) is 9.18 Å². The van der Waals surface area contributed by atoms with Gasteiger partial charge in [0.1, 0.15) is 5.82 Å². The van der Waals surface area contributed by atoms with E-state index in [9.17, 15) is 9.18 Å². The van der Waals surface area contributed by atoms with E-state index in [-0.39, 0.29) is 22.9 Å². The second kappa shape index (κ2) is 5.13. The number of rotatable bonds is 3. The first kappa shape index (κ1) is 13.7. The molecule has 2 aromatic rings. The van der Waals surface area contributed by atoms with Crippen LogP contribution in [0.5, 0.6) is 0 Å². The van der Waals surface area contributed by atoms with Crippen LogP contribution in [0.1, 0.15) is 35.8 Å². The lowest BCUT2D eigenvalue weighted by atomic mass is 9.99. The molecule has 100 valence electrons. The summed E-state index contributed by atoms with van der Waals surface area (Å²) in [5, 5.41) is 12.2. The molecule has 0 radical (unpaired) electrons. The summed E-state index contributed by atoms with van der Waals surface area (Å²) >= 11 is 3.14. The highest BCUT2D eigenvalue weighted by atomic mass is 79.9. The molecule has 0 bridgehead atoms. The molecule has 0 aliphatic carbocycles. The average Bonchev–Trinajstić information content (AvgIpc) is 2.81. The molecule has 0 unspecified atom stereocenters. The third-order valence-corrected chi connectivity index (χ3v) is 3.29. The summed E-state index contributed by atoms with van der Waals surface area (Å²) in [4.78, 5) is 10.7. The highest BCUT2D eigenvalue weighted by Crippen LogP contribution is 2.32. The fraction of sp³-hybridized carbons (Fsp3) is 0.231. The summed E-state index contributed by atoms with van der Waals surface area (Å²) in [6.07, 6.45) is 0. The Bertz CT molecular complexity index is 637. The summed E-state index contributed by atoms with van der Waals surface area (Å²) < 4.78 is 19.3. The van der Waals surface area contributed by atoms with Crippen molar-refractivity contribution in [2.75, 3.05) is 0 Å². The van der Waals surface area contributed by atoms with Gasteiger partial charge in [0.15, 0.2) is 11.5 Å². The minimum Gasteiger partial charge on any atom is -0.476 e. The third kappa shape index (κ3) is 2.68. The number of aromatic nitrogens is 1. The molecule has 0 atom stereocenters. The number of aromatic carboxylic acids is 1. The summed E-state index contributed by atoms with van der Waals surface area (Å²) in [5.41, 5.74) is 0.857. The molecule has 0 aliphatic heterocycles. The number of carbonyl (C=O) groups is 1. The molecule has 4 nitrogen and oxygen atoms in total. The maximum absolute atomic E-state index is 14.1. The van der Waals surface area contributed by atoms with Crippen LogP contribution in [0.2, 0.25) is 0 Å². The summed E-state index contributed by atoms with van der Waals surface area (Å²) in [5.74, 6) is -1.41. The van der Waals surface area contributed by atoms with E-state index in [4.69, 9.17) is 9.63 Å². The zero-order valence-electron chi connectivity index (χ0n) is 10.3. The van der Waals surface area contributed by atoms with E-state index in [0.717, 1.165) is 5.56 Å². The molecule has 0 spiro atoms. The first-order chi connectivity index (χ1) is 8.90. The molecular formula is C13H11BrFNO3. The van der Waals surface area contributed by atoms with Gasteiger partial charge in [-0.05, 0) is 39.5 Å². The Balaban J connectivity index is 2.56. The number of halogens is 2. The Hall–Kier alpha value is -1.69. The van der Waals surface area contributed by atoms with Crippen LogP contribution in [0.25, 0.3) is 11.3 Å². The fourth-order valence-electron chi connectivity index (χ4n) is 1.63. The Morgan fingerprint density at radius 1 is 1.42 bits per heavy atom. The molecule has 19 heavy (non-hydrogen) atoms. The molecule has 0 fully saturated rings. The zero-order chi connectivity index (χ0) is 14.2. The Morgan fingerprint density at radius 3 is 2.63 bits per heavy atom. The lowest BCUT2D eigenvalue weighted by Crippen LogP contribution is -1.95. The molecule has 0 saturated heterocycles. The van der Waals surface area contributed by atoms with Crippen LogP contribution in [-0.2, 0) is 0 Å². The molecule has 0 amide bonds. The average molecular weight is 328 g/mol. The van der Waals surface area contributed by atoms with Crippen molar-refractivity contribution in [3.63, 3.8) is 0 Å². The molecule has 6 heteroatoms. The summed E-state index contributed by atoms with van der Waals surface area (Å²) in [7, 11) is 0. The van der Waals surface area contributed by atoms with Crippen LogP contribution in [0.15, 0.2) is 27.2 Å². The van der Waals surface area contributed by atoms with Gasteiger partial charge in [-0.15, -0.1) is 0 Å². The van der Waals surface area contributed by atoms with E-state index < -0.39 is 11.8 Å². The minimum absolute atomic E-state index is 0.0955. The zero-order valence-corrected chi connectivity index (χ0v) is 11.9. The van der Waals surface area contributed by atoms with Gasteiger partial charge in [-0.3, -0.25) is 0 Å². The minimum atomic E-state index is -1.21. The van der Waals surface area contributed by atoms with Crippen molar-refractivity contribution in [2.24, 2.45) is 0 Å². The largest absolute Gasteiger partial charge is 0.476 e. The van der Waals surface area contributed by atoms with Crippen molar-refractivity contribution in [2.45, 2.75) is 19.8 Å². The van der Waals surface area contributed by atoms with Crippen molar-refractivity contribution in [3.05, 3.63) is 39.7 Å². The Morgan fingerprint density at radius 2 is 2.11 bits per heavy atom. The van der Waals surface area contributed by atoms with Gasteiger partial charge in [0.25, 0.3) is 0 Å². The maximum Gasteiger partial charge on any atom is 0.358 e. The van der Waals surface area contributed by atoms with Gasteiger partial charge < -0.3 is 9.63 Å². The van der Waals surface area contributed by atoms with Gasteiger partial charge in [-0.2, -0.15) is 0 Å². The van der Waals surface area contributed by atoms with Crippen molar-refractivity contribution in [1.29, 1.82) is 0 Å². The third-order valence-electron chi connectivity index (χ3n) is 2.71. The van der Waals surface area contributed by atoms with Gasteiger partial charge in [-0.1, -0.05) is 19.0 Å². The smallest absolute Gasteiger partial charge is 0.358 e. The van der Waals surface area contributed by atoms with Crippen LogP contribution in [-0.4, -0.2) is 16.2 Å². The monoisotopic (exact) mass is 327 g/mol. The van der Waals surface area contributed by atoms with Crippen molar-refractivity contribution >= 4 is 21.9 Å². The van der Waals surface area contributed by atoms with Crippen LogP contribution in [0, 0.1) is 5.82 Å². The normalized spacial score (nSPS) is 11.0. The van der Waals surface area contributed by atoms with Crippen LogP contribution < -0.4 is 0 Å². The molecule has 1 aromatic carbocycles. The Kier molecular flexibility index (Phi) is 3.71. The first-order valence-electron chi connectivity index (χ1n) is 5.59. The highest BCUT2D eigenvalue weighted by molar-refractivity contribution is 9.10. The number of hydrogen-bond acceptors (Lipinski definition) is 3. The van der Waals surface area contributed by atoms with Gasteiger partial charge in [0, 0.05) is 6.07 Å². The maximum atomic E-state index is 14.1. The van der Waals surface area contributed by atoms with Crippen molar-refractivity contribution < 1.29 is 18.8 Å². The van der Waals surface area contributed by atoms with Crippen molar-refractivity contribution in [3.8, 4) is 11.3 Å². The number of hydrogen-bond donors (Lipinski definition) is 1. The second-order valence-corrected chi connectivity index (χ2v) is 5.25. The lowest BCUT2D eigenvalue weighted by molar-refractivity contribution is 0.0686. The molecular weight excluding hydrogens is 317 g/mol. The molecule has 1 N–H and O–H groups in total. The highest BCUT2D eigenvalue weighted by Gasteiger charge is 2.18. The standard InChI is InChI=1S/C13H11BrFNO3/c1-6(2)7-3-8(12(15)9(14)4-7)11-5-10(13(17)18)16-19-11/h3-6H,1-2H3,(H,17,18). The van der Waals surface area contributed by atoms with Crippen molar-refractivity contribution in [1.82, 2.24) is 5.16 Å². The van der Waals surface area contributed by atoms with Crippen LogP contribution >= 0.6 is 15.9 Å². The number of nitrogens with zero attached hydrogens (tertiary/aromatic N) is 1. The topological polar surface area (TPSA) is 63.3 Å². The van der Waals surface area contributed by atoms with Gasteiger partial charge >= 0.3 is 5.97 Å². The molecule has 0 aliphatic rings. The van der Waals surface area contributed by atoms with Crippen LogP contribution in [0.4, 0.5) is 4.39 Å². The van der Waals surface area contributed by atoms with Gasteiger partial charge in [0.2, 0.25) is 0 Å².